The topological polar surface area (TPSA) is 69.2 Å². The molecule has 0 spiro atoms. The Bertz CT molecular complexity index is 790. The number of benzene rings is 2. The Morgan fingerprint density at radius 2 is 1.88 bits per heavy atom. The third kappa shape index (κ3) is 4.47. The fourth-order valence-electron chi connectivity index (χ4n) is 2.19. The molecule has 3 rings (SSSR count). The van der Waals surface area contributed by atoms with Gasteiger partial charge in [0.1, 0.15) is 24.8 Å². The molecule has 2 aromatic carbocycles. The van der Waals surface area contributed by atoms with Gasteiger partial charge in [-0.15, -0.1) is 0 Å². The van der Waals surface area contributed by atoms with Crippen molar-refractivity contribution >= 4 is 11.6 Å². The van der Waals surface area contributed by atoms with Crippen LogP contribution in [0.4, 0.5) is 4.39 Å². The zero-order valence-electron chi connectivity index (χ0n) is 13.6. The van der Waals surface area contributed by atoms with Crippen LogP contribution in [0.1, 0.15) is 12.5 Å². The number of halogens is 1. The molecule has 0 aromatic heterocycles. The minimum Gasteiger partial charge on any atom is -0.486 e. The molecule has 6 nitrogen and oxygen atoms in total. The average molecular weight is 344 g/mol. The summed E-state index contributed by atoms with van der Waals surface area (Å²) >= 11 is 0. The quantitative estimate of drug-likeness (QED) is 0.668. The second-order valence-corrected chi connectivity index (χ2v) is 5.33. The molecular formula is C18H17FN2O4. The Balaban J connectivity index is 1.55. The summed E-state index contributed by atoms with van der Waals surface area (Å²) in [7, 11) is 0. The average Bonchev–Trinajstić information content (AvgIpc) is 2.65. The third-order valence-corrected chi connectivity index (χ3v) is 3.49. The van der Waals surface area contributed by atoms with E-state index in [2.05, 4.69) is 10.5 Å². The second kappa shape index (κ2) is 7.65. The number of carbonyl (C=O) groups excluding carboxylic acids is 1. The van der Waals surface area contributed by atoms with Crippen molar-refractivity contribution in [1.29, 1.82) is 0 Å². The Morgan fingerprint density at radius 1 is 1.16 bits per heavy atom. The van der Waals surface area contributed by atoms with Crippen LogP contribution in [0.5, 0.6) is 17.2 Å². The lowest BCUT2D eigenvalue weighted by atomic mass is 10.1. The first-order chi connectivity index (χ1) is 12.1. The van der Waals surface area contributed by atoms with Crippen molar-refractivity contribution in [1.82, 2.24) is 5.43 Å². The Labute approximate surface area is 144 Å². The highest BCUT2D eigenvalue weighted by molar-refractivity contribution is 5.99. The maximum absolute atomic E-state index is 12.8. The molecule has 1 N–H and O–H groups in total. The van der Waals surface area contributed by atoms with Crippen LogP contribution in [-0.4, -0.2) is 31.4 Å². The van der Waals surface area contributed by atoms with Crippen LogP contribution < -0.4 is 19.6 Å². The second-order valence-electron chi connectivity index (χ2n) is 5.33. The third-order valence-electron chi connectivity index (χ3n) is 3.49. The van der Waals surface area contributed by atoms with E-state index in [-0.39, 0.29) is 12.4 Å². The number of ether oxygens (including phenoxy) is 3. The van der Waals surface area contributed by atoms with E-state index in [9.17, 15) is 9.18 Å². The van der Waals surface area contributed by atoms with E-state index in [1.807, 2.05) is 18.2 Å². The highest BCUT2D eigenvalue weighted by atomic mass is 19.1. The SMILES string of the molecule is C/C(=N/NC(=O)COc1ccc(F)cc1)c1ccc2c(c1)OCCO2. The molecule has 130 valence electrons. The van der Waals surface area contributed by atoms with Gasteiger partial charge in [-0.3, -0.25) is 4.79 Å². The minimum absolute atomic E-state index is 0.219. The maximum Gasteiger partial charge on any atom is 0.277 e. The van der Waals surface area contributed by atoms with Crippen LogP contribution in [0.25, 0.3) is 0 Å². The maximum atomic E-state index is 12.8. The summed E-state index contributed by atoms with van der Waals surface area (Å²) in [6.07, 6.45) is 0. The molecule has 2 aromatic rings. The number of hydrogen-bond acceptors (Lipinski definition) is 5. The van der Waals surface area contributed by atoms with Gasteiger partial charge in [0.15, 0.2) is 18.1 Å². The van der Waals surface area contributed by atoms with E-state index in [4.69, 9.17) is 14.2 Å². The predicted octanol–water partition coefficient (Wildman–Crippen LogP) is 2.52. The van der Waals surface area contributed by atoms with Gasteiger partial charge in [0.2, 0.25) is 0 Å². The summed E-state index contributed by atoms with van der Waals surface area (Å²) in [4.78, 5) is 11.8. The lowest BCUT2D eigenvalue weighted by Gasteiger charge is -2.18. The summed E-state index contributed by atoms with van der Waals surface area (Å²) in [6.45, 7) is 2.59. The minimum atomic E-state index is -0.416. The summed E-state index contributed by atoms with van der Waals surface area (Å²) < 4.78 is 29.0. The largest absolute Gasteiger partial charge is 0.486 e. The van der Waals surface area contributed by atoms with E-state index in [0.29, 0.717) is 36.2 Å². The lowest BCUT2D eigenvalue weighted by Crippen LogP contribution is -2.25. The molecule has 1 aliphatic heterocycles. The van der Waals surface area contributed by atoms with Crippen molar-refractivity contribution in [3.05, 3.63) is 53.8 Å². The molecular weight excluding hydrogens is 327 g/mol. The summed E-state index contributed by atoms with van der Waals surface area (Å²) in [5, 5.41) is 4.05. The van der Waals surface area contributed by atoms with Gasteiger partial charge in [0.05, 0.1) is 5.71 Å². The van der Waals surface area contributed by atoms with Crippen LogP contribution >= 0.6 is 0 Å². The van der Waals surface area contributed by atoms with Gasteiger partial charge in [-0.1, -0.05) is 0 Å². The van der Waals surface area contributed by atoms with Gasteiger partial charge in [0, 0.05) is 5.56 Å². The number of nitrogens with one attached hydrogen (secondary N) is 1. The lowest BCUT2D eigenvalue weighted by molar-refractivity contribution is -0.123. The van der Waals surface area contributed by atoms with Crippen molar-refractivity contribution in [3.63, 3.8) is 0 Å². The molecule has 0 fully saturated rings. The van der Waals surface area contributed by atoms with Gasteiger partial charge >= 0.3 is 0 Å². The number of nitrogens with zero attached hydrogens (tertiary/aromatic N) is 1. The van der Waals surface area contributed by atoms with Gasteiger partial charge in [-0.2, -0.15) is 5.10 Å². The summed E-state index contributed by atoms with van der Waals surface area (Å²) in [5.41, 5.74) is 3.85. The molecule has 0 saturated carbocycles. The number of hydrazone groups is 1. The molecule has 7 heteroatoms. The first-order valence-electron chi connectivity index (χ1n) is 7.73. The van der Waals surface area contributed by atoms with Crippen molar-refractivity contribution in [2.45, 2.75) is 6.92 Å². The van der Waals surface area contributed by atoms with Crippen LogP contribution in [0.2, 0.25) is 0 Å². The smallest absolute Gasteiger partial charge is 0.277 e. The van der Waals surface area contributed by atoms with E-state index < -0.39 is 5.91 Å². The molecule has 0 atom stereocenters. The zero-order valence-corrected chi connectivity index (χ0v) is 13.6. The Kier molecular flexibility index (Phi) is 5.13. The number of amides is 1. The highest BCUT2D eigenvalue weighted by Gasteiger charge is 2.12. The van der Waals surface area contributed by atoms with Crippen molar-refractivity contribution in [2.24, 2.45) is 5.10 Å². The van der Waals surface area contributed by atoms with Crippen LogP contribution in [0, 0.1) is 5.82 Å². The molecule has 25 heavy (non-hydrogen) atoms. The fourth-order valence-corrected chi connectivity index (χ4v) is 2.19. The van der Waals surface area contributed by atoms with Gasteiger partial charge in [0.25, 0.3) is 5.91 Å². The molecule has 1 heterocycles. The first-order valence-corrected chi connectivity index (χ1v) is 7.73. The van der Waals surface area contributed by atoms with Crippen LogP contribution in [-0.2, 0) is 4.79 Å². The van der Waals surface area contributed by atoms with E-state index in [0.717, 1.165) is 5.56 Å². The monoisotopic (exact) mass is 344 g/mol. The van der Waals surface area contributed by atoms with Gasteiger partial charge in [-0.05, 0) is 49.4 Å². The summed E-state index contributed by atoms with van der Waals surface area (Å²) in [5.74, 6) is 0.977. The van der Waals surface area contributed by atoms with Crippen molar-refractivity contribution in [3.8, 4) is 17.2 Å². The number of carbonyl (C=O) groups is 1. The summed E-state index contributed by atoms with van der Waals surface area (Å²) in [6, 6.07) is 10.9. The van der Waals surface area contributed by atoms with Crippen molar-refractivity contribution in [2.75, 3.05) is 19.8 Å². The zero-order chi connectivity index (χ0) is 17.6. The Morgan fingerprint density at radius 3 is 2.64 bits per heavy atom. The highest BCUT2D eigenvalue weighted by Crippen LogP contribution is 2.30. The van der Waals surface area contributed by atoms with Crippen molar-refractivity contribution < 1.29 is 23.4 Å². The molecule has 0 radical (unpaired) electrons. The van der Waals surface area contributed by atoms with E-state index in [1.165, 1.54) is 24.3 Å². The van der Waals surface area contributed by atoms with Crippen LogP contribution in [0.3, 0.4) is 0 Å². The number of hydrogen-bond donors (Lipinski definition) is 1. The van der Waals surface area contributed by atoms with Gasteiger partial charge < -0.3 is 14.2 Å². The molecule has 0 unspecified atom stereocenters. The number of fused-ring (bicyclic) bond motifs is 1. The molecule has 0 bridgehead atoms. The normalized spacial score (nSPS) is 13.3. The van der Waals surface area contributed by atoms with Gasteiger partial charge in [-0.25, -0.2) is 9.82 Å². The first kappa shape index (κ1) is 16.8. The Hall–Kier alpha value is -3.09. The molecule has 1 aliphatic rings. The fraction of sp³-hybridized carbons (Fsp3) is 0.222. The molecule has 0 aliphatic carbocycles. The van der Waals surface area contributed by atoms with E-state index >= 15 is 0 Å². The van der Waals surface area contributed by atoms with Crippen LogP contribution in [0.15, 0.2) is 47.6 Å². The predicted molar refractivity (Wildman–Crippen MR) is 89.7 cm³/mol. The number of rotatable bonds is 5. The molecule has 1 amide bonds. The van der Waals surface area contributed by atoms with E-state index in [1.54, 1.807) is 6.92 Å². The molecule has 0 saturated heterocycles. The standard InChI is InChI=1S/C18H17FN2O4/c1-12(13-2-7-16-17(10-13)24-9-8-23-16)20-21-18(22)11-25-15-5-3-14(19)4-6-15/h2-7,10H,8-9,11H2,1H3,(H,21,22)/b20-12-.